The van der Waals surface area contributed by atoms with Crippen molar-refractivity contribution in [3.63, 3.8) is 0 Å². The SMILES string of the molecule is O=C(O)CCN1CCO[C@H](c2ccc(OCc3ccccc3)cc2)C1. The van der Waals surface area contributed by atoms with E-state index in [9.17, 15) is 4.79 Å². The lowest BCUT2D eigenvalue weighted by Crippen LogP contribution is -2.39. The van der Waals surface area contributed by atoms with Gasteiger partial charge in [-0.05, 0) is 23.3 Å². The maximum absolute atomic E-state index is 10.7. The number of ether oxygens (including phenoxy) is 2. The van der Waals surface area contributed by atoms with Crippen LogP contribution in [0.15, 0.2) is 54.6 Å². The number of carboxylic acids is 1. The number of hydrogen-bond donors (Lipinski definition) is 1. The van der Waals surface area contributed by atoms with Gasteiger partial charge >= 0.3 is 5.97 Å². The molecule has 2 aromatic carbocycles. The number of morpholine rings is 1. The van der Waals surface area contributed by atoms with Crippen LogP contribution in [0.25, 0.3) is 0 Å². The second kappa shape index (κ2) is 8.65. The van der Waals surface area contributed by atoms with E-state index in [0.29, 0.717) is 19.8 Å². The Balaban J connectivity index is 1.53. The zero-order valence-corrected chi connectivity index (χ0v) is 14.1. The Bertz CT molecular complexity index is 672. The smallest absolute Gasteiger partial charge is 0.304 e. The minimum atomic E-state index is -0.761. The molecule has 1 atom stereocenters. The third-order valence-electron chi connectivity index (χ3n) is 4.29. The number of nitrogens with zero attached hydrogens (tertiary/aromatic N) is 1. The van der Waals surface area contributed by atoms with Gasteiger partial charge in [-0.3, -0.25) is 9.69 Å². The standard InChI is InChI=1S/C20H23NO4/c22-20(23)10-11-21-12-13-24-19(14-21)17-6-8-18(9-7-17)25-15-16-4-2-1-3-5-16/h1-9,19H,10-15H2,(H,22,23)/t19-/m0/s1. The summed E-state index contributed by atoms with van der Waals surface area (Å²) in [6, 6.07) is 18.0. The third kappa shape index (κ3) is 5.31. The molecule has 1 fully saturated rings. The van der Waals surface area contributed by atoms with Crippen LogP contribution < -0.4 is 4.74 Å². The Morgan fingerprint density at radius 2 is 1.92 bits per heavy atom. The van der Waals surface area contributed by atoms with Crippen molar-refractivity contribution in [1.82, 2.24) is 4.90 Å². The second-order valence-electron chi connectivity index (χ2n) is 6.15. The number of aliphatic carboxylic acids is 1. The van der Waals surface area contributed by atoms with Crippen LogP contribution in [-0.2, 0) is 16.1 Å². The fourth-order valence-electron chi connectivity index (χ4n) is 2.88. The third-order valence-corrected chi connectivity index (χ3v) is 4.29. The number of carboxylic acid groups (broad SMARTS) is 1. The van der Waals surface area contributed by atoms with Gasteiger partial charge in [0.05, 0.1) is 19.1 Å². The van der Waals surface area contributed by atoms with Crippen LogP contribution in [0.4, 0.5) is 0 Å². The van der Waals surface area contributed by atoms with Crippen molar-refractivity contribution in [2.24, 2.45) is 0 Å². The quantitative estimate of drug-likeness (QED) is 0.838. The molecule has 1 N–H and O–H groups in total. The van der Waals surface area contributed by atoms with Crippen LogP contribution in [0.1, 0.15) is 23.7 Å². The molecule has 1 heterocycles. The van der Waals surface area contributed by atoms with E-state index in [1.807, 2.05) is 54.6 Å². The van der Waals surface area contributed by atoms with Gasteiger partial charge in [0.15, 0.2) is 0 Å². The first-order valence-electron chi connectivity index (χ1n) is 8.53. The summed E-state index contributed by atoms with van der Waals surface area (Å²) in [6.07, 6.45) is 0.143. The lowest BCUT2D eigenvalue weighted by Gasteiger charge is -2.32. The van der Waals surface area contributed by atoms with Crippen LogP contribution in [-0.4, -0.2) is 42.2 Å². The molecule has 0 bridgehead atoms. The Morgan fingerprint density at radius 3 is 2.64 bits per heavy atom. The highest BCUT2D eigenvalue weighted by Crippen LogP contribution is 2.24. The van der Waals surface area contributed by atoms with Crippen LogP contribution in [0, 0.1) is 0 Å². The summed E-state index contributed by atoms with van der Waals surface area (Å²) in [5, 5.41) is 8.82. The molecule has 2 aromatic rings. The van der Waals surface area contributed by atoms with Crippen LogP contribution in [0.3, 0.4) is 0 Å². The van der Waals surface area contributed by atoms with Crippen LogP contribution >= 0.6 is 0 Å². The van der Waals surface area contributed by atoms with E-state index in [1.54, 1.807) is 0 Å². The zero-order valence-electron chi connectivity index (χ0n) is 14.1. The molecule has 0 spiro atoms. The second-order valence-corrected chi connectivity index (χ2v) is 6.15. The van der Waals surface area contributed by atoms with E-state index in [-0.39, 0.29) is 12.5 Å². The monoisotopic (exact) mass is 341 g/mol. The van der Waals surface area contributed by atoms with Gasteiger partial charge in [-0.1, -0.05) is 42.5 Å². The van der Waals surface area contributed by atoms with Gasteiger partial charge in [-0.25, -0.2) is 0 Å². The molecule has 0 unspecified atom stereocenters. The molecule has 5 heteroatoms. The van der Waals surface area contributed by atoms with Crippen LogP contribution in [0.2, 0.25) is 0 Å². The van der Waals surface area contributed by atoms with Gasteiger partial charge in [0, 0.05) is 19.6 Å². The highest BCUT2D eigenvalue weighted by atomic mass is 16.5. The molecule has 25 heavy (non-hydrogen) atoms. The fourth-order valence-corrected chi connectivity index (χ4v) is 2.88. The maximum Gasteiger partial charge on any atom is 0.304 e. The molecule has 132 valence electrons. The van der Waals surface area contributed by atoms with Gasteiger partial charge in [0.1, 0.15) is 12.4 Å². The van der Waals surface area contributed by atoms with E-state index >= 15 is 0 Å². The summed E-state index contributed by atoms with van der Waals surface area (Å²) in [6.45, 7) is 3.23. The van der Waals surface area contributed by atoms with Gasteiger partial charge in [0.2, 0.25) is 0 Å². The predicted molar refractivity (Wildman–Crippen MR) is 94.6 cm³/mol. The van der Waals surface area contributed by atoms with E-state index in [1.165, 1.54) is 0 Å². The van der Waals surface area contributed by atoms with Crippen molar-refractivity contribution in [3.05, 3.63) is 65.7 Å². The summed E-state index contributed by atoms with van der Waals surface area (Å²) in [7, 11) is 0. The Hall–Kier alpha value is -2.37. The topological polar surface area (TPSA) is 59.0 Å². The van der Waals surface area contributed by atoms with E-state index in [0.717, 1.165) is 30.0 Å². The predicted octanol–water partition coefficient (Wildman–Crippen LogP) is 3.11. The molecule has 1 aliphatic heterocycles. The average molecular weight is 341 g/mol. The van der Waals surface area contributed by atoms with Crippen molar-refractivity contribution in [1.29, 1.82) is 0 Å². The molecule has 5 nitrogen and oxygen atoms in total. The summed E-state index contributed by atoms with van der Waals surface area (Å²) in [5.74, 6) is 0.0640. The normalized spacial score (nSPS) is 18.0. The van der Waals surface area contributed by atoms with Crippen molar-refractivity contribution in [3.8, 4) is 5.75 Å². The fraction of sp³-hybridized carbons (Fsp3) is 0.350. The lowest BCUT2D eigenvalue weighted by molar-refractivity contribution is -0.137. The van der Waals surface area contributed by atoms with Crippen molar-refractivity contribution in [2.75, 3.05) is 26.2 Å². The molecule has 3 rings (SSSR count). The van der Waals surface area contributed by atoms with Crippen molar-refractivity contribution in [2.45, 2.75) is 19.1 Å². The van der Waals surface area contributed by atoms with Gasteiger partial charge in [-0.2, -0.15) is 0 Å². The molecular weight excluding hydrogens is 318 g/mol. The lowest BCUT2D eigenvalue weighted by atomic mass is 10.1. The Morgan fingerprint density at radius 1 is 1.16 bits per heavy atom. The zero-order chi connectivity index (χ0) is 17.5. The largest absolute Gasteiger partial charge is 0.489 e. The van der Waals surface area contributed by atoms with Crippen LogP contribution in [0.5, 0.6) is 5.75 Å². The van der Waals surface area contributed by atoms with E-state index in [4.69, 9.17) is 14.6 Å². The molecule has 1 aliphatic rings. The number of hydrogen-bond acceptors (Lipinski definition) is 4. The Labute approximate surface area is 147 Å². The first-order chi connectivity index (χ1) is 12.2. The van der Waals surface area contributed by atoms with Gasteiger partial charge in [0.25, 0.3) is 0 Å². The first kappa shape index (κ1) is 17.5. The highest BCUT2D eigenvalue weighted by Gasteiger charge is 2.22. The number of carbonyl (C=O) groups is 1. The summed E-state index contributed by atoms with van der Waals surface area (Å²) >= 11 is 0. The van der Waals surface area contributed by atoms with Crippen molar-refractivity contribution >= 4 is 5.97 Å². The van der Waals surface area contributed by atoms with E-state index in [2.05, 4.69) is 4.90 Å². The summed E-state index contributed by atoms with van der Waals surface area (Å²) in [4.78, 5) is 12.9. The molecule has 0 radical (unpaired) electrons. The highest BCUT2D eigenvalue weighted by molar-refractivity contribution is 5.66. The van der Waals surface area contributed by atoms with Gasteiger partial charge in [-0.15, -0.1) is 0 Å². The molecule has 0 saturated carbocycles. The number of rotatable bonds is 7. The first-order valence-corrected chi connectivity index (χ1v) is 8.53. The minimum absolute atomic E-state index is 0.0225. The summed E-state index contributed by atoms with van der Waals surface area (Å²) in [5.41, 5.74) is 2.23. The Kier molecular flexibility index (Phi) is 6.04. The summed E-state index contributed by atoms with van der Waals surface area (Å²) < 4.78 is 11.6. The molecule has 0 aliphatic carbocycles. The molecular formula is C20H23NO4. The minimum Gasteiger partial charge on any atom is -0.489 e. The molecule has 0 amide bonds. The molecule has 1 saturated heterocycles. The molecule has 0 aromatic heterocycles. The van der Waals surface area contributed by atoms with E-state index < -0.39 is 5.97 Å². The average Bonchev–Trinajstić information content (AvgIpc) is 2.66. The number of benzene rings is 2. The van der Waals surface area contributed by atoms with Crippen molar-refractivity contribution < 1.29 is 19.4 Å². The van der Waals surface area contributed by atoms with Gasteiger partial charge < -0.3 is 14.6 Å². The maximum atomic E-state index is 10.7.